The predicted octanol–water partition coefficient (Wildman–Crippen LogP) is 0.261. The molecule has 0 spiro atoms. The Labute approximate surface area is 104 Å². The van der Waals surface area contributed by atoms with E-state index in [9.17, 15) is 4.79 Å². The minimum absolute atomic E-state index is 0.0262. The van der Waals surface area contributed by atoms with Crippen molar-refractivity contribution in [3.63, 3.8) is 0 Å². The SMILES string of the molecule is CSC1CCC(NC(=O)Cn2cnc(N)n2)C1. The van der Waals surface area contributed by atoms with Crippen LogP contribution in [0.3, 0.4) is 0 Å². The topological polar surface area (TPSA) is 85.8 Å². The number of nitrogens with one attached hydrogen (secondary N) is 1. The summed E-state index contributed by atoms with van der Waals surface area (Å²) in [7, 11) is 0. The lowest BCUT2D eigenvalue weighted by Gasteiger charge is -2.12. The van der Waals surface area contributed by atoms with Gasteiger partial charge in [-0.15, -0.1) is 5.10 Å². The number of hydrogen-bond acceptors (Lipinski definition) is 5. The summed E-state index contributed by atoms with van der Waals surface area (Å²) in [4.78, 5) is 15.5. The first kappa shape index (κ1) is 12.2. The van der Waals surface area contributed by atoms with E-state index in [-0.39, 0.29) is 18.4 Å². The molecule has 17 heavy (non-hydrogen) atoms. The van der Waals surface area contributed by atoms with Gasteiger partial charge in [0.2, 0.25) is 11.9 Å². The fourth-order valence-electron chi connectivity index (χ4n) is 2.09. The summed E-state index contributed by atoms with van der Waals surface area (Å²) in [6.45, 7) is 0.185. The van der Waals surface area contributed by atoms with Gasteiger partial charge in [0.1, 0.15) is 12.9 Å². The first-order valence-corrected chi connectivity index (χ1v) is 6.93. The van der Waals surface area contributed by atoms with Crippen LogP contribution in [0.2, 0.25) is 0 Å². The second-order valence-electron chi connectivity index (χ2n) is 4.24. The highest BCUT2D eigenvalue weighted by Gasteiger charge is 2.25. The standard InChI is InChI=1S/C10H17N5OS/c1-17-8-3-2-7(4-8)13-9(16)5-15-6-12-10(11)14-15/h6-8H,2-5H2,1H3,(H2,11,14)(H,13,16). The van der Waals surface area contributed by atoms with Crippen LogP contribution in [0, 0.1) is 0 Å². The van der Waals surface area contributed by atoms with Crippen LogP contribution in [0.4, 0.5) is 5.95 Å². The van der Waals surface area contributed by atoms with Gasteiger partial charge >= 0.3 is 0 Å². The number of aromatic nitrogens is 3. The second kappa shape index (κ2) is 5.39. The molecule has 1 aromatic heterocycles. The molecule has 6 nitrogen and oxygen atoms in total. The lowest BCUT2D eigenvalue weighted by molar-refractivity contribution is -0.122. The monoisotopic (exact) mass is 255 g/mol. The average Bonchev–Trinajstić information content (AvgIpc) is 2.88. The van der Waals surface area contributed by atoms with Crippen molar-refractivity contribution in [3.8, 4) is 0 Å². The van der Waals surface area contributed by atoms with Crippen molar-refractivity contribution in [1.82, 2.24) is 20.1 Å². The van der Waals surface area contributed by atoms with E-state index in [0.29, 0.717) is 11.3 Å². The lowest BCUT2D eigenvalue weighted by atomic mass is 10.2. The fraction of sp³-hybridized carbons (Fsp3) is 0.700. The summed E-state index contributed by atoms with van der Waals surface area (Å²) in [5, 5.41) is 7.58. The van der Waals surface area contributed by atoms with Gasteiger partial charge in [-0.1, -0.05) is 0 Å². The van der Waals surface area contributed by atoms with Crippen LogP contribution in [0.5, 0.6) is 0 Å². The highest BCUT2D eigenvalue weighted by molar-refractivity contribution is 7.99. The van der Waals surface area contributed by atoms with Crippen LogP contribution >= 0.6 is 11.8 Å². The van der Waals surface area contributed by atoms with Crippen molar-refractivity contribution >= 4 is 23.6 Å². The van der Waals surface area contributed by atoms with Crippen molar-refractivity contribution in [2.24, 2.45) is 0 Å². The van der Waals surface area contributed by atoms with Crippen molar-refractivity contribution in [2.45, 2.75) is 37.1 Å². The number of hydrogen-bond donors (Lipinski definition) is 2. The van der Waals surface area contributed by atoms with Crippen molar-refractivity contribution in [3.05, 3.63) is 6.33 Å². The van der Waals surface area contributed by atoms with E-state index in [2.05, 4.69) is 21.7 Å². The number of nitrogens with two attached hydrogens (primary N) is 1. The molecule has 1 aromatic rings. The van der Waals surface area contributed by atoms with Gasteiger partial charge in [0, 0.05) is 11.3 Å². The van der Waals surface area contributed by atoms with Crippen LogP contribution in [-0.4, -0.2) is 38.2 Å². The van der Waals surface area contributed by atoms with Gasteiger partial charge in [-0.3, -0.25) is 4.79 Å². The van der Waals surface area contributed by atoms with Crippen molar-refractivity contribution in [2.75, 3.05) is 12.0 Å². The molecule has 7 heteroatoms. The Hall–Kier alpha value is -1.24. The molecule has 1 heterocycles. The highest BCUT2D eigenvalue weighted by atomic mass is 32.2. The predicted molar refractivity (Wildman–Crippen MR) is 67.5 cm³/mol. The van der Waals surface area contributed by atoms with Gasteiger partial charge in [0.15, 0.2) is 0 Å². The van der Waals surface area contributed by atoms with Crippen molar-refractivity contribution in [1.29, 1.82) is 0 Å². The number of nitrogen functional groups attached to an aromatic ring is 1. The minimum Gasteiger partial charge on any atom is -0.367 e. The minimum atomic E-state index is -0.0262. The van der Waals surface area contributed by atoms with Crippen LogP contribution in [0.1, 0.15) is 19.3 Å². The molecule has 2 unspecified atom stereocenters. The number of amides is 1. The number of carbonyl (C=O) groups is 1. The fourth-order valence-corrected chi connectivity index (χ4v) is 2.89. The van der Waals surface area contributed by atoms with Crippen molar-refractivity contribution < 1.29 is 4.79 Å². The molecule has 1 aliphatic rings. The molecule has 1 amide bonds. The molecule has 1 aliphatic carbocycles. The van der Waals surface area contributed by atoms with E-state index >= 15 is 0 Å². The Kier molecular flexibility index (Phi) is 3.88. The number of nitrogens with zero attached hydrogens (tertiary/aromatic N) is 3. The maximum atomic E-state index is 11.7. The summed E-state index contributed by atoms with van der Waals surface area (Å²) in [6.07, 6.45) is 6.90. The second-order valence-corrected chi connectivity index (χ2v) is 5.37. The third kappa shape index (κ3) is 3.36. The zero-order valence-electron chi connectivity index (χ0n) is 9.80. The van der Waals surface area contributed by atoms with E-state index in [0.717, 1.165) is 12.8 Å². The van der Waals surface area contributed by atoms with Gasteiger partial charge in [0.05, 0.1) is 0 Å². The summed E-state index contributed by atoms with van der Waals surface area (Å²) < 4.78 is 1.45. The van der Waals surface area contributed by atoms with Crippen LogP contribution in [-0.2, 0) is 11.3 Å². The molecular formula is C10H17N5OS. The first-order chi connectivity index (χ1) is 8.17. The molecule has 3 N–H and O–H groups in total. The first-order valence-electron chi connectivity index (χ1n) is 5.64. The number of thioether (sulfide) groups is 1. The zero-order valence-corrected chi connectivity index (χ0v) is 10.6. The van der Waals surface area contributed by atoms with E-state index in [1.165, 1.54) is 17.4 Å². The Bertz CT molecular complexity index is 394. The molecule has 1 saturated carbocycles. The lowest BCUT2D eigenvalue weighted by Crippen LogP contribution is -2.35. The number of carbonyl (C=O) groups excluding carboxylic acids is 1. The smallest absolute Gasteiger partial charge is 0.242 e. The Balaban J connectivity index is 1.78. The third-order valence-corrected chi connectivity index (χ3v) is 4.04. The molecule has 0 bridgehead atoms. The molecule has 0 aromatic carbocycles. The maximum Gasteiger partial charge on any atom is 0.242 e. The van der Waals surface area contributed by atoms with Gasteiger partial charge < -0.3 is 11.1 Å². The largest absolute Gasteiger partial charge is 0.367 e. The molecule has 0 aliphatic heterocycles. The molecular weight excluding hydrogens is 238 g/mol. The Morgan fingerprint density at radius 1 is 1.71 bits per heavy atom. The van der Waals surface area contributed by atoms with Gasteiger partial charge in [-0.05, 0) is 25.5 Å². The van der Waals surface area contributed by atoms with E-state index < -0.39 is 0 Å². The van der Waals surface area contributed by atoms with E-state index in [1.54, 1.807) is 0 Å². The summed E-state index contributed by atoms with van der Waals surface area (Å²) >= 11 is 1.88. The molecule has 2 rings (SSSR count). The Morgan fingerprint density at radius 2 is 2.53 bits per heavy atom. The molecule has 1 fully saturated rings. The summed E-state index contributed by atoms with van der Waals surface area (Å²) in [5.74, 6) is 0.169. The molecule has 0 saturated heterocycles. The third-order valence-electron chi connectivity index (χ3n) is 2.94. The normalized spacial score (nSPS) is 23.8. The Morgan fingerprint density at radius 3 is 3.12 bits per heavy atom. The van der Waals surface area contributed by atoms with Gasteiger partial charge in [0.25, 0.3) is 0 Å². The van der Waals surface area contributed by atoms with Crippen LogP contribution in [0.15, 0.2) is 6.33 Å². The van der Waals surface area contributed by atoms with Gasteiger partial charge in [-0.25, -0.2) is 9.67 Å². The van der Waals surface area contributed by atoms with E-state index in [1.807, 2.05) is 11.8 Å². The quantitative estimate of drug-likeness (QED) is 0.806. The summed E-state index contributed by atoms with van der Waals surface area (Å²) in [6, 6.07) is 0.306. The van der Waals surface area contributed by atoms with Crippen LogP contribution < -0.4 is 11.1 Å². The van der Waals surface area contributed by atoms with E-state index in [4.69, 9.17) is 5.73 Å². The average molecular weight is 255 g/mol. The number of rotatable bonds is 4. The molecule has 2 atom stereocenters. The molecule has 94 valence electrons. The maximum absolute atomic E-state index is 11.7. The number of anilines is 1. The molecule has 0 radical (unpaired) electrons. The van der Waals surface area contributed by atoms with Gasteiger partial charge in [-0.2, -0.15) is 11.8 Å². The summed E-state index contributed by atoms with van der Waals surface area (Å²) in [5.41, 5.74) is 5.38. The van der Waals surface area contributed by atoms with Crippen LogP contribution in [0.25, 0.3) is 0 Å². The zero-order chi connectivity index (χ0) is 12.3. The highest BCUT2D eigenvalue weighted by Crippen LogP contribution is 2.27.